The highest BCUT2D eigenvalue weighted by Gasteiger charge is 2.13. The molecule has 1 amide bonds. The van der Waals surface area contributed by atoms with Gasteiger partial charge in [0.05, 0.1) is 23.0 Å². The molecule has 0 fully saturated rings. The highest BCUT2D eigenvalue weighted by molar-refractivity contribution is 6.30. The molecular formula is C23H16ClN3O. The number of hydrazone groups is 1. The number of halogens is 1. The molecule has 0 bridgehead atoms. The maximum atomic E-state index is 12.8. The molecule has 0 saturated heterocycles. The van der Waals surface area contributed by atoms with Gasteiger partial charge in [-0.05, 0) is 29.8 Å². The van der Waals surface area contributed by atoms with Crippen molar-refractivity contribution in [1.29, 1.82) is 0 Å². The molecule has 0 aliphatic carbocycles. The number of rotatable bonds is 4. The van der Waals surface area contributed by atoms with Gasteiger partial charge in [0.1, 0.15) is 0 Å². The first-order chi connectivity index (χ1) is 13.7. The topological polar surface area (TPSA) is 54.4 Å². The van der Waals surface area contributed by atoms with Crippen molar-refractivity contribution in [3.8, 4) is 11.3 Å². The Bertz CT molecular complexity index is 1170. The van der Waals surface area contributed by atoms with E-state index in [0.717, 1.165) is 27.7 Å². The summed E-state index contributed by atoms with van der Waals surface area (Å²) in [6, 6.07) is 26.4. The third-order valence-electron chi connectivity index (χ3n) is 4.26. The third-order valence-corrected chi connectivity index (χ3v) is 4.49. The summed E-state index contributed by atoms with van der Waals surface area (Å²) in [4.78, 5) is 17.5. The number of hydrogen-bond donors (Lipinski definition) is 1. The number of carbonyl (C=O) groups excluding carboxylic acids is 1. The van der Waals surface area contributed by atoms with Crippen LogP contribution >= 0.6 is 11.6 Å². The van der Waals surface area contributed by atoms with E-state index >= 15 is 0 Å². The Labute approximate surface area is 167 Å². The zero-order chi connectivity index (χ0) is 19.3. The Morgan fingerprint density at radius 3 is 2.54 bits per heavy atom. The van der Waals surface area contributed by atoms with Crippen molar-refractivity contribution in [3.63, 3.8) is 0 Å². The van der Waals surface area contributed by atoms with E-state index in [4.69, 9.17) is 16.6 Å². The Hall–Kier alpha value is -3.50. The highest BCUT2D eigenvalue weighted by Crippen LogP contribution is 2.24. The fourth-order valence-corrected chi connectivity index (χ4v) is 3.13. The number of hydrogen-bond acceptors (Lipinski definition) is 3. The minimum absolute atomic E-state index is 0.297. The van der Waals surface area contributed by atoms with E-state index in [1.54, 1.807) is 24.4 Å². The average Bonchev–Trinajstić information content (AvgIpc) is 2.73. The molecule has 0 radical (unpaired) electrons. The summed E-state index contributed by atoms with van der Waals surface area (Å²) in [5.41, 5.74) is 6.37. The van der Waals surface area contributed by atoms with Crippen LogP contribution in [0.3, 0.4) is 0 Å². The van der Waals surface area contributed by atoms with Crippen LogP contribution in [0.4, 0.5) is 0 Å². The maximum Gasteiger partial charge on any atom is 0.272 e. The number of benzene rings is 3. The summed E-state index contributed by atoms with van der Waals surface area (Å²) in [5.74, 6) is -0.297. The minimum Gasteiger partial charge on any atom is -0.267 e. The monoisotopic (exact) mass is 385 g/mol. The SMILES string of the molecule is O=C(N/N=C\c1cccc(Cl)c1)c1cc(-c2ccccc2)nc2ccccc12. The zero-order valence-corrected chi connectivity index (χ0v) is 15.6. The van der Waals surface area contributed by atoms with Crippen molar-refractivity contribution in [2.75, 3.05) is 0 Å². The standard InChI is InChI=1S/C23H16ClN3O/c24-18-10-6-7-16(13-18)15-25-27-23(28)20-14-22(17-8-2-1-3-9-17)26-21-12-5-4-11-19(20)21/h1-15H,(H,27,28)/b25-15-. The molecule has 3 aromatic carbocycles. The van der Waals surface area contributed by atoms with E-state index in [9.17, 15) is 4.79 Å². The first kappa shape index (κ1) is 17.9. The minimum atomic E-state index is -0.297. The van der Waals surface area contributed by atoms with Gasteiger partial charge in [-0.3, -0.25) is 4.79 Å². The van der Waals surface area contributed by atoms with E-state index in [-0.39, 0.29) is 5.91 Å². The van der Waals surface area contributed by atoms with E-state index in [0.29, 0.717) is 10.6 Å². The van der Waals surface area contributed by atoms with Crippen molar-refractivity contribution in [3.05, 3.63) is 101 Å². The molecule has 4 aromatic rings. The average molecular weight is 386 g/mol. The number of pyridine rings is 1. The molecule has 28 heavy (non-hydrogen) atoms. The van der Waals surface area contributed by atoms with Gasteiger partial charge in [0.15, 0.2) is 0 Å². The fourth-order valence-electron chi connectivity index (χ4n) is 2.93. The van der Waals surface area contributed by atoms with Crippen LogP contribution in [0.15, 0.2) is 90.0 Å². The maximum absolute atomic E-state index is 12.8. The van der Waals surface area contributed by atoms with E-state index < -0.39 is 0 Å². The number of nitrogens with one attached hydrogen (secondary N) is 1. The number of amides is 1. The zero-order valence-electron chi connectivity index (χ0n) is 14.8. The van der Waals surface area contributed by atoms with Gasteiger partial charge in [-0.15, -0.1) is 0 Å². The van der Waals surface area contributed by atoms with Crippen LogP contribution in [0, 0.1) is 0 Å². The second kappa shape index (κ2) is 8.03. The van der Waals surface area contributed by atoms with Gasteiger partial charge < -0.3 is 0 Å². The summed E-state index contributed by atoms with van der Waals surface area (Å²) in [5, 5.41) is 5.45. The predicted molar refractivity (Wildman–Crippen MR) is 114 cm³/mol. The summed E-state index contributed by atoms with van der Waals surface area (Å²) >= 11 is 5.97. The van der Waals surface area contributed by atoms with Crippen LogP contribution in [-0.4, -0.2) is 17.1 Å². The van der Waals surface area contributed by atoms with E-state index in [1.807, 2.05) is 66.7 Å². The first-order valence-corrected chi connectivity index (χ1v) is 9.13. The molecule has 0 unspecified atom stereocenters. The molecule has 5 heteroatoms. The highest BCUT2D eigenvalue weighted by atomic mass is 35.5. The summed E-state index contributed by atoms with van der Waals surface area (Å²) in [6.07, 6.45) is 1.56. The molecule has 0 aliphatic rings. The smallest absolute Gasteiger partial charge is 0.267 e. The normalized spacial score (nSPS) is 11.0. The van der Waals surface area contributed by atoms with Gasteiger partial charge in [-0.25, -0.2) is 10.4 Å². The Kier molecular flexibility index (Phi) is 5.13. The van der Waals surface area contributed by atoms with Crippen molar-refractivity contribution >= 4 is 34.6 Å². The summed E-state index contributed by atoms with van der Waals surface area (Å²) in [7, 11) is 0. The van der Waals surface area contributed by atoms with Crippen LogP contribution in [0.25, 0.3) is 22.2 Å². The summed E-state index contributed by atoms with van der Waals surface area (Å²) < 4.78 is 0. The fraction of sp³-hybridized carbons (Fsp3) is 0. The number of fused-ring (bicyclic) bond motifs is 1. The molecule has 0 aliphatic heterocycles. The quantitative estimate of drug-likeness (QED) is 0.382. The lowest BCUT2D eigenvalue weighted by atomic mass is 10.0. The van der Waals surface area contributed by atoms with Crippen LogP contribution in [0.5, 0.6) is 0 Å². The number of nitrogens with zero attached hydrogens (tertiary/aromatic N) is 2. The second-order valence-corrected chi connectivity index (χ2v) is 6.63. The predicted octanol–water partition coefficient (Wildman–Crippen LogP) is 5.32. The Balaban J connectivity index is 1.67. The molecule has 1 heterocycles. The van der Waals surface area contributed by atoms with Crippen LogP contribution in [0.1, 0.15) is 15.9 Å². The molecule has 0 atom stereocenters. The lowest BCUT2D eigenvalue weighted by Gasteiger charge is -2.09. The van der Waals surface area contributed by atoms with Crippen LogP contribution in [0.2, 0.25) is 5.02 Å². The third kappa shape index (κ3) is 3.92. The lowest BCUT2D eigenvalue weighted by Crippen LogP contribution is -2.18. The van der Waals surface area contributed by atoms with Gasteiger partial charge in [0, 0.05) is 16.0 Å². The van der Waals surface area contributed by atoms with Crippen molar-refractivity contribution in [1.82, 2.24) is 10.4 Å². The molecule has 4 nitrogen and oxygen atoms in total. The van der Waals surface area contributed by atoms with Crippen molar-refractivity contribution in [2.45, 2.75) is 0 Å². The van der Waals surface area contributed by atoms with Crippen molar-refractivity contribution in [2.24, 2.45) is 5.10 Å². The van der Waals surface area contributed by atoms with Gasteiger partial charge in [-0.1, -0.05) is 72.3 Å². The van der Waals surface area contributed by atoms with Gasteiger partial charge in [0.25, 0.3) is 5.91 Å². The molecule has 136 valence electrons. The largest absolute Gasteiger partial charge is 0.272 e. The number of carbonyl (C=O) groups is 1. The number of aromatic nitrogens is 1. The van der Waals surface area contributed by atoms with E-state index in [1.165, 1.54) is 0 Å². The van der Waals surface area contributed by atoms with E-state index in [2.05, 4.69) is 10.5 Å². The van der Waals surface area contributed by atoms with Gasteiger partial charge in [-0.2, -0.15) is 5.10 Å². The Morgan fingerprint density at radius 1 is 0.929 bits per heavy atom. The van der Waals surface area contributed by atoms with Gasteiger partial charge in [0.2, 0.25) is 0 Å². The van der Waals surface area contributed by atoms with Crippen LogP contribution in [-0.2, 0) is 0 Å². The molecule has 0 saturated carbocycles. The second-order valence-electron chi connectivity index (χ2n) is 6.19. The van der Waals surface area contributed by atoms with Gasteiger partial charge >= 0.3 is 0 Å². The molecular weight excluding hydrogens is 370 g/mol. The first-order valence-electron chi connectivity index (χ1n) is 8.75. The molecule has 1 aromatic heterocycles. The lowest BCUT2D eigenvalue weighted by molar-refractivity contribution is 0.0957. The molecule has 0 spiro atoms. The summed E-state index contributed by atoms with van der Waals surface area (Å²) in [6.45, 7) is 0. The molecule has 1 N–H and O–H groups in total. The Morgan fingerprint density at radius 2 is 1.71 bits per heavy atom. The van der Waals surface area contributed by atoms with Crippen molar-refractivity contribution < 1.29 is 4.79 Å². The van der Waals surface area contributed by atoms with Crippen LogP contribution < -0.4 is 5.43 Å². The number of para-hydroxylation sites is 1. The molecule has 4 rings (SSSR count).